The minimum absolute atomic E-state index is 0. The van der Waals surface area contributed by atoms with E-state index in [9.17, 15) is 0 Å². The fraction of sp³-hybridized carbons (Fsp3) is 0.667. The van der Waals surface area contributed by atoms with Crippen molar-refractivity contribution in [3.63, 3.8) is 0 Å². The summed E-state index contributed by atoms with van der Waals surface area (Å²) in [6, 6.07) is 4.29. The summed E-state index contributed by atoms with van der Waals surface area (Å²) in [6.45, 7) is 10.1. The maximum atomic E-state index is 5.27. The molecule has 0 bridgehead atoms. The lowest BCUT2D eigenvalue weighted by molar-refractivity contribution is -0.0971. The molecule has 0 spiro atoms. The van der Waals surface area contributed by atoms with Crippen molar-refractivity contribution in [2.45, 2.75) is 26.2 Å². The molecule has 1 aromatic heterocycles. The van der Waals surface area contributed by atoms with E-state index in [1.807, 2.05) is 7.05 Å². The van der Waals surface area contributed by atoms with Crippen molar-refractivity contribution in [1.29, 1.82) is 0 Å². The van der Waals surface area contributed by atoms with Crippen LogP contribution in [-0.2, 0) is 10.2 Å². The molecule has 1 aromatic rings. The molecule has 1 aliphatic rings. The topological polar surface area (TPSA) is 45.7 Å². The molecule has 2 rings (SSSR count). The van der Waals surface area contributed by atoms with Gasteiger partial charge in [0.15, 0.2) is 5.96 Å². The maximum Gasteiger partial charge on any atom is 0.191 e. The Bertz CT molecular complexity index is 455. The van der Waals surface area contributed by atoms with E-state index in [1.54, 1.807) is 11.3 Å². The Hall–Kier alpha value is -0.340. The number of aliphatic imine (C=N–C) groups is 1. The van der Waals surface area contributed by atoms with Crippen molar-refractivity contribution in [3.05, 3.63) is 22.4 Å². The molecule has 1 aliphatic heterocycles. The van der Waals surface area contributed by atoms with Gasteiger partial charge in [0.05, 0.1) is 13.2 Å². The average molecular weight is 423 g/mol. The minimum Gasteiger partial charge on any atom is -0.380 e. The number of hydrogen-bond donors (Lipinski definition) is 2. The van der Waals surface area contributed by atoms with Gasteiger partial charge in [-0.15, -0.1) is 35.3 Å². The van der Waals surface area contributed by atoms with Gasteiger partial charge in [0, 0.05) is 35.8 Å². The number of nitrogens with zero attached hydrogens (tertiary/aromatic N) is 1. The Labute approximate surface area is 148 Å². The third-order valence-corrected chi connectivity index (χ3v) is 4.93. The second-order valence-electron chi connectivity index (χ2n) is 6.44. The van der Waals surface area contributed by atoms with Crippen LogP contribution in [0.1, 0.15) is 25.6 Å². The highest BCUT2D eigenvalue weighted by atomic mass is 127. The highest BCUT2D eigenvalue weighted by Crippen LogP contribution is 2.27. The van der Waals surface area contributed by atoms with Crippen LogP contribution in [0.3, 0.4) is 0 Å². The Kier molecular flexibility index (Phi) is 6.93. The lowest BCUT2D eigenvalue weighted by Gasteiger charge is -2.38. The van der Waals surface area contributed by atoms with E-state index in [4.69, 9.17) is 4.74 Å². The molecule has 0 saturated carbocycles. The molecule has 0 amide bonds. The van der Waals surface area contributed by atoms with Gasteiger partial charge in [-0.1, -0.05) is 26.8 Å². The van der Waals surface area contributed by atoms with Crippen LogP contribution in [-0.4, -0.2) is 39.3 Å². The smallest absolute Gasteiger partial charge is 0.191 e. The van der Waals surface area contributed by atoms with E-state index in [2.05, 4.69) is 53.9 Å². The number of hydrogen-bond acceptors (Lipinski definition) is 3. The van der Waals surface area contributed by atoms with Crippen molar-refractivity contribution < 1.29 is 4.74 Å². The van der Waals surface area contributed by atoms with Gasteiger partial charge in [-0.3, -0.25) is 4.99 Å². The number of guanidine groups is 1. The zero-order valence-corrected chi connectivity index (χ0v) is 16.4. The van der Waals surface area contributed by atoms with Gasteiger partial charge in [-0.25, -0.2) is 0 Å². The third-order valence-electron chi connectivity index (χ3n) is 3.69. The summed E-state index contributed by atoms with van der Waals surface area (Å²) in [5, 5.41) is 8.94. The highest BCUT2D eigenvalue weighted by Gasteiger charge is 2.33. The maximum absolute atomic E-state index is 5.27. The third kappa shape index (κ3) is 5.10. The van der Waals surface area contributed by atoms with Crippen LogP contribution in [0, 0.1) is 5.41 Å². The SMILES string of the molecule is CN=C(NCC1(C)COC1)NCC(C)(C)c1cccs1.I. The van der Waals surface area contributed by atoms with Gasteiger partial charge < -0.3 is 15.4 Å². The van der Waals surface area contributed by atoms with Crippen LogP contribution in [0.15, 0.2) is 22.5 Å². The van der Waals surface area contributed by atoms with Crippen molar-refractivity contribution in [1.82, 2.24) is 10.6 Å². The highest BCUT2D eigenvalue weighted by molar-refractivity contribution is 14.0. The summed E-state index contributed by atoms with van der Waals surface area (Å²) in [7, 11) is 1.81. The molecule has 2 heterocycles. The minimum atomic E-state index is 0. The summed E-state index contributed by atoms with van der Waals surface area (Å²) < 4.78 is 5.27. The zero-order valence-electron chi connectivity index (χ0n) is 13.2. The molecule has 0 aliphatic carbocycles. The van der Waals surface area contributed by atoms with E-state index in [0.717, 1.165) is 32.3 Å². The average Bonchev–Trinajstić information content (AvgIpc) is 2.91. The van der Waals surface area contributed by atoms with Crippen molar-refractivity contribution in [2.24, 2.45) is 10.4 Å². The molecule has 120 valence electrons. The molecular weight excluding hydrogens is 397 g/mol. The van der Waals surface area contributed by atoms with E-state index < -0.39 is 0 Å². The quantitative estimate of drug-likeness (QED) is 0.435. The molecule has 0 aromatic carbocycles. The number of ether oxygens (including phenoxy) is 1. The van der Waals surface area contributed by atoms with Crippen LogP contribution in [0.2, 0.25) is 0 Å². The van der Waals surface area contributed by atoms with E-state index >= 15 is 0 Å². The fourth-order valence-corrected chi connectivity index (χ4v) is 2.98. The summed E-state index contributed by atoms with van der Waals surface area (Å²) in [5.74, 6) is 0.864. The number of thiophene rings is 1. The molecular formula is C15H26IN3OS. The zero-order chi connectivity index (χ0) is 14.6. The standard InChI is InChI=1S/C15H25N3OS.HI/c1-14(2,12-6-5-7-20-12)8-17-13(16-4)18-9-15(3)10-19-11-15;/h5-7H,8-11H2,1-4H3,(H2,16,17,18);1H. The first-order valence-corrected chi connectivity index (χ1v) is 7.89. The Morgan fingerprint density at radius 1 is 1.43 bits per heavy atom. The fourth-order valence-electron chi connectivity index (χ4n) is 2.13. The predicted octanol–water partition coefficient (Wildman–Crippen LogP) is 2.85. The Balaban J connectivity index is 0.00000220. The van der Waals surface area contributed by atoms with Crippen molar-refractivity contribution in [2.75, 3.05) is 33.4 Å². The first-order valence-electron chi connectivity index (χ1n) is 7.01. The number of halogens is 1. The molecule has 2 N–H and O–H groups in total. The molecule has 6 heteroatoms. The Morgan fingerprint density at radius 3 is 2.62 bits per heavy atom. The van der Waals surface area contributed by atoms with Gasteiger partial charge >= 0.3 is 0 Å². The van der Waals surface area contributed by atoms with Gasteiger partial charge in [0.25, 0.3) is 0 Å². The first-order chi connectivity index (χ1) is 9.45. The van der Waals surface area contributed by atoms with Crippen LogP contribution < -0.4 is 10.6 Å². The van der Waals surface area contributed by atoms with Gasteiger partial charge in [0.1, 0.15) is 0 Å². The van der Waals surface area contributed by atoms with Gasteiger partial charge in [0.2, 0.25) is 0 Å². The number of nitrogens with one attached hydrogen (secondary N) is 2. The van der Waals surface area contributed by atoms with Crippen molar-refractivity contribution >= 4 is 41.3 Å². The lowest BCUT2D eigenvalue weighted by Crippen LogP contribution is -2.52. The van der Waals surface area contributed by atoms with E-state index in [-0.39, 0.29) is 34.8 Å². The van der Waals surface area contributed by atoms with Crippen LogP contribution in [0.5, 0.6) is 0 Å². The summed E-state index contributed by atoms with van der Waals surface area (Å²) in [4.78, 5) is 5.68. The van der Waals surface area contributed by atoms with E-state index in [0.29, 0.717) is 0 Å². The molecule has 0 unspecified atom stereocenters. The molecule has 21 heavy (non-hydrogen) atoms. The molecule has 4 nitrogen and oxygen atoms in total. The lowest BCUT2D eigenvalue weighted by atomic mass is 9.89. The normalized spacial score (nSPS) is 17.6. The second kappa shape index (κ2) is 7.78. The molecule has 1 fully saturated rings. The molecule has 1 saturated heterocycles. The van der Waals surface area contributed by atoms with Crippen LogP contribution in [0.25, 0.3) is 0 Å². The van der Waals surface area contributed by atoms with Gasteiger partial charge in [-0.05, 0) is 11.4 Å². The van der Waals surface area contributed by atoms with Gasteiger partial charge in [-0.2, -0.15) is 0 Å². The van der Waals surface area contributed by atoms with Crippen LogP contribution >= 0.6 is 35.3 Å². The summed E-state index contributed by atoms with van der Waals surface area (Å²) in [5.41, 5.74) is 0.357. The molecule has 0 atom stereocenters. The largest absolute Gasteiger partial charge is 0.380 e. The Morgan fingerprint density at radius 2 is 2.14 bits per heavy atom. The van der Waals surface area contributed by atoms with E-state index in [1.165, 1.54) is 4.88 Å². The molecule has 0 radical (unpaired) electrons. The predicted molar refractivity (Wildman–Crippen MR) is 101 cm³/mol. The monoisotopic (exact) mass is 423 g/mol. The van der Waals surface area contributed by atoms with Crippen molar-refractivity contribution in [3.8, 4) is 0 Å². The second-order valence-corrected chi connectivity index (χ2v) is 7.39. The first kappa shape index (κ1) is 18.7. The summed E-state index contributed by atoms with van der Waals surface area (Å²) >= 11 is 1.80. The number of rotatable bonds is 5. The van der Waals surface area contributed by atoms with Crippen LogP contribution in [0.4, 0.5) is 0 Å². The summed E-state index contributed by atoms with van der Waals surface area (Å²) in [6.07, 6.45) is 0.